The van der Waals surface area contributed by atoms with Gasteiger partial charge in [0.1, 0.15) is 0 Å². The molecule has 0 aliphatic carbocycles. The smallest absolute Gasteiger partial charge is 0.0197 e. The van der Waals surface area contributed by atoms with Gasteiger partial charge in [-0.25, -0.2) is 0 Å². The van der Waals surface area contributed by atoms with Crippen LogP contribution in [-0.2, 0) is 0 Å². The zero-order valence-corrected chi connectivity index (χ0v) is 5.99. The van der Waals surface area contributed by atoms with Crippen molar-refractivity contribution in [3.63, 3.8) is 0 Å². The molecular weight excluding hydrogens is 100 g/mol. The number of nitrogens with one attached hydrogen (secondary N) is 2. The van der Waals surface area contributed by atoms with Gasteiger partial charge >= 0.3 is 0 Å². The van der Waals surface area contributed by atoms with E-state index >= 15 is 0 Å². The molecule has 0 aromatic carbocycles. The summed E-state index contributed by atoms with van der Waals surface area (Å²) in [7, 11) is 0. The zero-order valence-electron chi connectivity index (χ0n) is 5.99. The predicted octanol–water partition coefficient (Wildman–Crippen LogP) is 0.899. The van der Waals surface area contributed by atoms with Gasteiger partial charge in [0, 0.05) is 12.6 Å². The molecule has 0 bridgehead atoms. The summed E-state index contributed by atoms with van der Waals surface area (Å²) >= 11 is 0. The highest BCUT2D eigenvalue weighted by molar-refractivity contribution is 4.64. The lowest BCUT2D eigenvalue weighted by Crippen LogP contribution is -2.27. The lowest BCUT2D eigenvalue weighted by atomic mass is 10.3. The maximum absolute atomic E-state index is 3.07. The SMILES string of the molecule is CC.CC1CCNN1. The lowest BCUT2D eigenvalue weighted by Gasteiger charge is -1.94. The summed E-state index contributed by atoms with van der Waals surface area (Å²) in [5.41, 5.74) is 6.09. The van der Waals surface area contributed by atoms with E-state index in [-0.39, 0.29) is 0 Å². The van der Waals surface area contributed by atoms with E-state index in [9.17, 15) is 0 Å². The van der Waals surface area contributed by atoms with Crippen molar-refractivity contribution in [3.05, 3.63) is 0 Å². The fraction of sp³-hybridized carbons (Fsp3) is 1.00. The Morgan fingerprint density at radius 1 is 1.38 bits per heavy atom. The van der Waals surface area contributed by atoms with E-state index < -0.39 is 0 Å². The van der Waals surface area contributed by atoms with Crippen LogP contribution >= 0.6 is 0 Å². The Bertz CT molecular complexity index is 39.8. The molecule has 0 radical (unpaired) electrons. The first-order chi connectivity index (χ1) is 3.89. The van der Waals surface area contributed by atoms with Gasteiger partial charge in [-0.05, 0) is 13.3 Å². The van der Waals surface area contributed by atoms with E-state index in [0.29, 0.717) is 6.04 Å². The molecule has 1 aliphatic heterocycles. The minimum atomic E-state index is 0.685. The highest BCUT2D eigenvalue weighted by Gasteiger charge is 2.04. The molecule has 1 rings (SSSR count). The van der Waals surface area contributed by atoms with Crippen molar-refractivity contribution in [1.82, 2.24) is 10.9 Å². The second-order valence-corrected chi connectivity index (χ2v) is 1.76. The Kier molecular flexibility index (Phi) is 5.01. The zero-order chi connectivity index (χ0) is 6.41. The molecule has 0 aromatic rings. The van der Waals surface area contributed by atoms with Crippen LogP contribution in [0.3, 0.4) is 0 Å². The molecule has 1 aliphatic rings. The van der Waals surface area contributed by atoms with Gasteiger partial charge < -0.3 is 0 Å². The summed E-state index contributed by atoms with van der Waals surface area (Å²) in [6, 6.07) is 0.685. The quantitative estimate of drug-likeness (QED) is 0.491. The minimum absolute atomic E-state index is 0.685. The summed E-state index contributed by atoms with van der Waals surface area (Å²) in [5.74, 6) is 0. The summed E-state index contributed by atoms with van der Waals surface area (Å²) in [4.78, 5) is 0. The summed E-state index contributed by atoms with van der Waals surface area (Å²) < 4.78 is 0. The first-order valence-electron chi connectivity index (χ1n) is 3.38. The van der Waals surface area contributed by atoms with Crippen LogP contribution < -0.4 is 10.9 Å². The molecule has 1 heterocycles. The molecule has 2 N–H and O–H groups in total. The third-order valence-corrected chi connectivity index (χ3v) is 1.05. The maximum Gasteiger partial charge on any atom is 0.0197 e. The van der Waals surface area contributed by atoms with Crippen molar-refractivity contribution in [3.8, 4) is 0 Å². The van der Waals surface area contributed by atoms with Gasteiger partial charge in [-0.1, -0.05) is 13.8 Å². The van der Waals surface area contributed by atoms with Gasteiger partial charge in [0.25, 0.3) is 0 Å². The molecule has 1 unspecified atom stereocenters. The highest BCUT2D eigenvalue weighted by Crippen LogP contribution is 1.90. The second kappa shape index (κ2) is 5.06. The molecule has 0 amide bonds. The monoisotopic (exact) mass is 116 g/mol. The average Bonchev–Trinajstić information content (AvgIpc) is 2.24. The number of hydrogen-bond acceptors (Lipinski definition) is 2. The van der Waals surface area contributed by atoms with E-state index in [1.165, 1.54) is 6.42 Å². The van der Waals surface area contributed by atoms with Crippen LogP contribution in [0, 0.1) is 0 Å². The van der Waals surface area contributed by atoms with Gasteiger partial charge in [0.15, 0.2) is 0 Å². The first kappa shape index (κ1) is 7.92. The van der Waals surface area contributed by atoms with Gasteiger partial charge in [-0.2, -0.15) is 0 Å². The lowest BCUT2D eigenvalue weighted by molar-refractivity contribution is 0.594. The number of hydrazine groups is 1. The molecule has 2 nitrogen and oxygen atoms in total. The summed E-state index contributed by atoms with van der Waals surface area (Å²) in [6.07, 6.45) is 1.26. The molecule has 1 saturated heterocycles. The Balaban J connectivity index is 0.000000222. The standard InChI is InChI=1S/C4H10N2.C2H6/c1-4-2-3-5-6-4;1-2/h4-6H,2-3H2,1H3;1-2H3. The second-order valence-electron chi connectivity index (χ2n) is 1.76. The van der Waals surface area contributed by atoms with Crippen molar-refractivity contribution >= 4 is 0 Å². The molecule has 50 valence electrons. The van der Waals surface area contributed by atoms with Gasteiger partial charge in [-0.3, -0.25) is 10.9 Å². The van der Waals surface area contributed by atoms with Crippen LogP contribution in [0.4, 0.5) is 0 Å². The van der Waals surface area contributed by atoms with Gasteiger partial charge in [-0.15, -0.1) is 0 Å². The fourth-order valence-corrected chi connectivity index (χ4v) is 0.607. The maximum atomic E-state index is 3.07. The number of hydrogen-bond donors (Lipinski definition) is 2. The van der Waals surface area contributed by atoms with Crippen molar-refractivity contribution < 1.29 is 0 Å². The number of rotatable bonds is 0. The fourth-order valence-electron chi connectivity index (χ4n) is 0.607. The molecule has 2 heteroatoms. The third kappa shape index (κ3) is 2.99. The molecule has 0 spiro atoms. The average molecular weight is 116 g/mol. The van der Waals surface area contributed by atoms with Gasteiger partial charge in [0.05, 0.1) is 0 Å². The first-order valence-corrected chi connectivity index (χ1v) is 3.38. The largest absolute Gasteiger partial charge is 0.258 e. The van der Waals surface area contributed by atoms with Crippen LogP contribution in [0.5, 0.6) is 0 Å². The highest BCUT2D eigenvalue weighted by atomic mass is 15.4. The normalized spacial score (nSPS) is 26.6. The molecule has 0 aromatic heterocycles. The van der Waals surface area contributed by atoms with E-state index in [2.05, 4.69) is 17.8 Å². The van der Waals surface area contributed by atoms with E-state index in [1.54, 1.807) is 0 Å². The van der Waals surface area contributed by atoms with Crippen LogP contribution in [0.1, 0.15) is 27.2 Å². The van der Waals surface area contributed by atoms with Crippen LogP contribution in [0.2, 0.25) is 0 Å². The van der Waals surface area contributed by atoms with E-state index in [0.717, 1.165) is 6.54 Å². The van der Waals surface area contributed by atoms with E-state index in [1.807, 2.05) is 13.8 Å². The Morgan fingerprint density at radius 2 is 2.00 bits per heavy atom. The van der Waals surface area contributed by atoms with Crippen LogP contribution in [0.15, 0.2) is 0 Å². The van der Waals surface area contributed by atoms with Crippen molar-refractivity contribution in [2.75, 3.05) is 6.54 Å². The Labute approximate surface area is 51.6 Å². The predicted molar refractivity (Wildman–Crippen MR) is 36.6 cm³/mol. The summed E-state index contributed by atoms with van der Waals surface area (Å²) in [6.45, 7) is 7.29. The van der Waals surface area contributed by atoms with Crippen LogP contribution in [-0.4, -0.2) is 12.6 Å². The van der Waals surface area contributed by atoms with Crippen LogP contribution in [0.25, 0.3) is 0 Å². The minimum Gasteiger partial charge on any atom is -0.258 e. The summed E-state index contributed by atoms with van der Waals surface area (Å²) in [5, 5.41) is 0. The molecular formula is C6H16N2. The molecule has 8 heavy (non-hydrogen) atoms. The topological polar surface area (TPSA) is 24.1 Å². The van der Waals surface area contributed by atoms with Crippen molar-refractivity contribution in [1.29, 1.82) is 0 Å². The molecule has 0 saturated carbocycles. The molecule has 1 fully saturated rings. The molecule has 1 atom stereocenters. The third-order valence-electron chi connectivity index (χ3n) is 1.05. The van der Waals surface area contributed by atoms with Gasteiger partial charge in [0.2, 0.25) is 0 Å². The van der Waals surface area contributed by atoms with E-state index in [4.69, 9.17) is 0 Å². The Morgan fingerprint density at radius 3 is 2.12 bits per heavy atom. The Hall–Kier alpha value is -0.0800. The van der Waals surface area contributed by atoms with Crippen molar-refractivity contribution in [2.45, 2.75) is 33.2 Å². The van der Waals surface area contributed by atoms with Crippen molar-refractivity contribution in [2.24, 2.45) is 0 Å².